The van der Waals surface area contributed by atoms with Crippen molar-refractivity contribution in [2.75, 3.05) is 21.0 Å². The summed E-state index contributed by atoms with van der Waals surface area (Å²) in [6.45, 7) is 0.135. The molecule has 0 radical (unpaired) electrons. The van der Waals surface area contributed by atoms with Gasteiger partial charge in [-0.2, -0.15) is 0 Å². The molecule has 6 nitrogen and oxygen atoms in total. The van der Waals surface area contributed by atoms with Crippen molar-refractivity contribution in [2.45, 2.75) is 0 Å². The molecule has 0 amide bonds. The monoisotopic (exact) mass is 323 g/mol. The molecule has 0 unspecified atom stereocenters. The highest BCUT2D eigenvalue weighted by Gasteiger charge is 2.26. The van der Waals surface area contributed by atoms with Gasteiger partial charge in [0.1, 0.15) is 0 Å². The molecule has 1 aliphatic heterocycles. The van der Waals surface area contributed by atoms with Crippen LogP contribution in [0.4, 0.5) is 0 Å². The Morgan fingerprint density at radius 2 is 1.96 bits per heavy atom. The Bertz CT molecular complexity index is 1180. The lowest BCUT2D eigenvalue weighted by Crippen LogP contribution is -2.12. The van der Waals surface area contributed by atoms with Crippen LogP contribution in [-0.2, 0) is 0 Å². The zero-order valence-corrected chi connectivity index (χ0v) is 13.1. The van der Waals surface area contributed by atoms with Gasteiger partial charge in [-0.15, -0.1) is 0 Å². The van der Waals surface area contributed by atoms with Crippen LogP contribution in [0.1, 0.15) is 0 Å². The largest absolute Gasteiger partial charge is 0.493 e. The Kier molecular flexibility index (Phi) is 2.46. The van der Waals surface area contributed by atoms with Gasteiger partial charge in [0.15, 0.2) is 23.0 Å². The Morgan fingerprint density at radius 1 is 1.08 bits per heavy atom. The number of hydrogen-bond donors (Lipinski definition) is 0. The van der Waals surface area contributed by atoms with Crippen LogP contribution in [0.5, 0.6) is 23.0 Å². The van der Waals surface area contributed by atoms with Gasteiger partial charge in [0.2, 0.25) is 6.79 Å². The molecule has 0 saturated carbocycles. The second-order valence-electron chi connectivity index (χ2n) is 5.64. The molecule has 0 bridgehead atoms. The number of hydrogen-bond acceptors (Lipinski definition) is 5. The molecule has 0 N–H and O–H groups in total. The molecule has 1 aliphatic rings. The van der Waals surface area contributed by atoms with Gasteiger partial charge in [-0.25, -0.2) is 0 Å². The first-order valence-corrected chi connectivity index (χ1v) is 7.48. The summed E-state index contributed by atoms with van der Waals surface area (Å²) >= 11 is 0. The van der Waals surface area contributed by atoms with E-state index in [1.54, 1.807) is 36.9 Å². The van der Waals surface area contributed by atoms with Crippen molar-refractivity contribution in [1.82, 2.24) is 4.40 Å². The number of methoxy groups -OCH3 is 2. The Hall–Kier alpha value is -3.15. The van der Waals surface area contributed by atoms with Crippen molar-refractivity contribution in [3.63, 3.8) is 0 Å². The fourth-order valence-electron chi connectivity index (χ4n) is 3.55. The quantitative estimate of drug-likeness (QED) is 0.531. The molecular weight excluding hydrogens is 310 g/mol. The van der Waals surface area contributed by atoms with Gasteiger partial charge in [0.25, 0.3) is 5.56 Å². The predicted molar refractivity (Wildman–Crippen MR) is 89.1 cm³/mol. The number of nitrogens with zero attached hydrogens (tertiary/aromatic N) is 1. The fourth-order valence-corrected chi connectivity index (χ4v) is 3.55. The molecule has 0 spiro atoms. The topological polar surface area (TPSA) is 58.4 Å². The number of ether oxygens (including phenoxy) is 4. The molecule has 0 fully saturated rings. The Morgan fingerprint density at radius 3 is 2.75 bits per heavy atom. The summed E-state index contributed by atoms with van der Waals surface area (Å²) in [5.74, 6) is 2.37. The highest BCUT2D eigenvalue weighted by molar-refractivity contribution is 6.18. The van der Waals surface area contributed by atoms with E-state index < -0.39 is 0 Å². The van der Waals surface area contributed by atoms with Crippen LogP contribution < -0.4 is 24.5 Å². The first kappa shape index (κ1) is 13.3. The number of benzene rings is 2. The van der Waals surface area contributed by atoms with Gasteiger partial charge in [-0.05, 0) is 24.3 Å². The highest BCUT2D eigenvalue weighted by atomic mass is 16.7. The predicted octanol–water partition coefficient (Wildman–Crippen LogP) is 2.79. The Balaban J connectivity index is 2.18. The summed E-state index contributed by atoms with van der Waals surface area (Å²) in [6.07, 6.45) is 1.77. The molecule has 24 heavy (non-hydrogen) atoms. The van der Waals surface area contributed by atoms with Crippen LogP contribution in [0.15, 0.2) is 35.3 Å². The van der Waals surface area contributed by atoms with Gasteiger partial charge in [-0.3, -0.25) is 9.20 Å². The van der Waals surface area contributed by atoms with E-state index in [1.807, 2.05) is 12.1 Å². The maximum Gasteiger partial charge on any atom is 0.263 e. The van der Waals surface area contributed by atoms with Gasteiger partial charge in [0, 0.05) is 17.0 Å². The minimum atomic E-state index is -0.0991. The highest BCUT2D eigenvalue weighted by Crippen LogP contribution is 2.47. The first-order chi connectivity index (χ1) is 11.7. The lowest BCUT2D eigenvalue weighted by Gasteiger charge is -2.14. The van der Waals surface area contributed by atoms with Crippen molar-refractivity contribution >= 4 is 27.1 Å². The fraction of sp³-hybridized carbons (Fsp3) is 0.167. The number of rotatable bonds is 2. The summed E-state index contributed by atoms with van der Waals surface area (Å²) in [6, 6.07) is 7.28. The van der Waals surface area contributed by atoms with Crippen molar-refractivity contribution in [3.8, 4) is 23.0 Å². The Labute approximate surface area is 136 Å². The maximum absolute atomic E-state index is 12.9. The van der Waals surface area contributed by atoms with Crippen molar-refractivity contribution in [2.24, 2.45) is 0 Å². The van der Waals surface area contributed by atoms with Gasteiger partial charge < -0.3 is 18.9 Å². The lowest BCUT2D eigenvalue weighted by atomic mass is 10.0. The molecule has 4 aromatic rings. The van der Waals surface area contributed by atoms with Crippen molar-refractivity contribution in [3.05, 3.63) is 40.8 Å². The first-order valence-electron chi connectivity index (χ1n) is 7.48. The van der Waals surface area contributed by atoms with Gasteiger partial charge in [0.05, 0.1) is 30.5 Å². The summed E-state index contributed by atoms with van der Waals surface area (Å²) in [4.78, 5) is 12.9. The van der Waals surface area contributed by atoms with Gasteiger partial charge in [-0.1, -0.05) is 0 Å². The minimum absolute atomic E-state index is 0.0991. The van der Waals surface area contributed by atoms with Crippen LogP contribution in [0, 0.1) is 0 Å². The summed E-state index contributed by atoms with van der Waals surface area (Å²) in [7, 11) is 3.18. The summed E-state index contributed by atoms with van der Waals surface area (Å²) < 4.78 is 23.9. The summed E-state index contributed by atoms with van der Waals surface area (Å²) in [5.41, 5.74) is 0.687. The molecule has 2 aromatic carbocycles. The molecule has 6 heteroatoms. The minimum Gasteiger partial charge on any atom is -0.493 e. The van der Waals surface area contributed by atoms with E-state index >= 15 is 0 Å². The molecule has 5 rings (SSSR count). The third-order valence-electron chi connectivity index (χ3n) is 4.55. The SMILES string of the molecule is COc1cc2ccn3c(=O)c4ccc5c(c4c(c1OC)c23)OCO5. The lowest BCUT2D eigenvalue weighted by molar-refractivity contribution is 0.175. The molecule has 2 aromatic heterocycles. The second kappa shape index (κ2) is 4.44. The number of fused-ring (bicyclic) bond motifs is 4. The zero-order chi connectivity index (χ0) is 16.4. The molecule has 0 atom stereocenters. The van der Waals surface area contributed by atoms with Crippen LogP contribution in [0.25, 0.3) is 27.1 Å². The van der Waals surface area contributed by atoms with E-state index in [2.05, 4.69) is 0 Å². The third-order valence-corrected chi connectivity index (χ3v) is 4.55. The average molecular weight is 323 g/mol. The van der Waals surface area contributed by atoms with Crippen molar-refractivity contribution < 1.29 is 18.9 Å². The molecule has 3 heterocycles. The number of aromatic nitrogens is 1. The van der Waals surface area contributed by atoms with E-state index in [9.17, 15) is 4.79 Å². The third kappa shape index (κ3) is 1.43. The van der Waals surface area contributed by atoms with Crippen molar-refractivity contribution in [1.29, 1.82) is 0 Å². The average Bonchev–Trinajstić information content (AvgIpc) is 3.24. The maximum atomic E-state index is 12.9. The van der Waals surface area contributed by atoms with E-state index in [-0.39, 0.29) is 12.4 Å². The van der Waals surface area contributed by atoms with E-state index in [4.69, 9.17) is 18.9 Å². The molecular formula is C18H13NO5. The van der Waals surface area contributed by atoms with E-state index in [0.717, 1.165) is 16.3 Å². The van der Waals surface area contributed by atoms with Gasteiger partial charge >= 0.3 is 0 Å². The van der Waals surface area contributed by atoms with Crippen LogP contribution in [0.2, 0.25) is 0 Å². The second-order valence-corrected chi connectivity index (χ2v) is 5.64. The number of pyridine rings is 1. The molecule has 0 saturated heterocycles. The summed E-state index contributed by atoms with van der Waals surface area (Å²) in [5, 5.41) is 2.93. The standard InChI is InChI=1S/C18H13NO5/c1-21-12-7-9-5-6-19-15(9)14(16(12)22-2)13-10(18(19)20)3-4-11-17(13)24-8-23-11/h3-7H,8H2,1-2H3. The smallest absolute Gasteiger partial charge is 0.263 e. The van der Waals surface area contributed by atoms with Crippen LogP contribution in [0.3, 0.4) is 0 Å². The van der Waals surface area contributed by atoms with E-state index in [0.29, 0.717) is 33.8 Å². The molecule has 0 aliphatic carbocycles. The van der Waals surface area contributed by atoms with E-state index in [1.165, 1.54) is 0 Å². The normalized spacial score (nSPS) is 13.2. The zero-order valence-electron chi connectivity index (χ0n) is 13.1. The van der Waals surface area contributed by atoms with Crippen LogP contribution >= 0.6 is 0 Å². The molecule has 120 valence electrons. The van der Waals surface area contributed by atoms with Crippen LogP contribution in [-0.4, -0.2) is 25.4 Å².